The predicted molar refractivity (Wildman–Crippen MR) is 65.0 cm³/mol. The molecule has 0 amide bonds. The molecule has 0 aliphatic carbocycles. The zero-order chi connectivity index (χ0) is 10.5. The van der Waals surface area contributed by atoms with Crippen molar-refractivity contribution in [2.24, 2.45) is 0 Å². The molecule has 15 heavy (non-hydrogen) atoms. The second-order valence-electron chi connectivity index (χ2n) is 3.81. The molecular formula is C11H16BrN3. The number of rotatable bonds is 3. The van der Waals surface area contributed by atoms with E-state index in [1.165, 1.54) is 18.7 Å². The van der Waals surface area contributed by atoms with Crippen molar-refractivity contribution in [3.8, 4) is 0 Å². The minimum atomic E-state index is 1.10. The average Bonchev–Trinajstić information content (AvgIpc) is 2.29. The molecule has 2 heterocycles. The van der Waals surface area contributed by atoms with Gasteiger partial charge in [0.1, 0.15) is 0 Å². The lowest BCUT2D eigenvalue weighted by Crippen LogP contribution is -2.44. The Labute approximate surface area is 99.0 Å². The van der Waals surface area contributed by atoms with Gasteiger partial charge in [0.05, 0.1) is 0 Å². The fraction of sp³-hybridized carbons (Fsp3) is 0.545. The van der Waals surface area contributed by atoms with E-state index in [-0.39, 0.29) is 0 Å². The van der Waals surface area contributed by atoms with Crippen LogP contribution in [0.5, 0.6) is 0 Å². The first-order chi connectivity index (χ1) is 7.36. The highest BCUT2D eigenvalue weighted by Crippen LogP contribution is 2.15. The predicted octanol–water partition coefficient (Wildman–Crippen LogP) is 1.29. The van der Waals surface area contributed by atoms with Crippen molar-refractivity contribution in [3.05, 3.63) is 28.5 Å². The summed E-state index contributed by atoms with van der Waals surface area (Å²) in [5.41, 5.74) is 1.35. The van der Waals surface area contributed by atoms with Crippen LogP contribution >= 0.6 is 15.9 Å². The van der Waals surface area contributed by atoms with Crippen molar-refractivity contribution in [1.29, 1.82) is 0 Å². The van der Waals surface area contributed by atoms with Gasteiger partial charge >= 0.3 is 0 Å². The first kappa shape index (κ1) is 11.0. The van der Waals surface area contributed by atoms with E-state index in [1.807, 2.05) is 12.4 Å². The smallest absolute Gasteiger partial charge is 0.0412 e. The molecule has 1 saturated heterocycles. The summed E-state index contributed by atoms with van der Waals surface area (Å²) >= 11 is 3.53. The van der Waals surface area contributed by atoms with Gasteiger partial charge in [-0.15, -0.1) is 0 Å². The van der Waals surface area contributed by atoms with E-state index in [9.17, 15) is 0 Å². The van der Waals surface area contributed by atoms with Crippen LogP contribution in [0.3, 0.4) is 0 Å². The molecule has 1 aromatic rings. The number of nitrogens with zero attached hydrogens (tertiary/aromatic N) is 2. The van der Waals surface area contributed by atoms with Gasteiger partial charge in [-0.05, 0) is 34.0 Å². The van der Waals surface area contributed by atoms with Crippen LogP contribution in [0.2, 0.25) is 0 Å². The molecule has 1 aliphatic rings. The highest BCUT2D eigenvalue weighted by Gasteiger charge is 2.09. The standard InChI is InChI=1S/C11H16BrN3/c12-11-9-14-3-1-10(11)2-6-15-7-4-13-5-8-15/h1,3,9,13H,2,4-8H2. The van der Waals surface area contributed by atoms with Crippen molar-refractivity contribution in [2.75, 3.05) is 32.7 Å². The van der Waals surface area contributed by atoms with Crippen LogP contribution in [0.4, 0.5) is 0 Å². The van der Waals surface area contributed by atoms with E-state index < -0.39 is 0 Å². The molecule has 1 aliphatic heterocycles. The molecule has 0 atom stereocenters. The number of aromatic nitrogens is 1. The maximum absolute atomic E-state index is 4.07. The topological polar surface area (TPSA) is 28.2 Å². The van der Waals surface area contributed by atoms with Gasteiger partial charge in [0.25, 0.3) is 0 Å². The van der Waals surface area contributed by atoms with Crippen LogP contribution in [0.1, 0.15) is 5.56 Å². The van der Waals surface area contributed by atoms with Gasteiger partial charge in [-0.3, -0.25) is 4.98 Å². The number of piperazine rings is 1. The maximum atomic E-state index is 4.07. The second kappa shape index (κ2) is 5.58. The quantitative estimate of drug-likeness (QED) is 0.897. The minimum absolute atomic E-state index is 1.10. The molecule has 82 valence electrons. The molecule has 2 rings (SSSR count). The van der Waals surface area contributed by atoms with Crippen LogP contribution in [-0.4, -0.2) is 42.6 Å². The van der Waals surface area contributed by atoms with Crippen LogP contribution in [0.25, 0.3) is 0 Å². The number of hydrogen-bond acceptors (Lipinski definition) is 3. The van der Waals surface area contributed by atoms with Crippen LogP contribution in [0, 0.1) is 0 Å². The third kappa shape index (κ3) is 3.26. The third-order valence-corrected chi connectivity index (χ3v) is 3.48. The summed E-state index contributed by atoms with van der Waals surface area (Å²) in [6, 6.07) is 2.09. The van der Waals surface area contributed by atoms with Gasteiger partial charge in [-0.1, -0.05) is 0 Å². The van der Waals surface area contributed by atoms with E-state index >= 15 is 0 Å². The Morgan fingerprint density at radius 2 is 2.20 bits per heavy atom. The molecule has 0 spiro atoms. The zero-order valence-electron chi connectivity index (χ0n) is 8.75. The minimum Gasteiger partial charge on any atom is -0.314 e. The molecule has 1 N–H and O–H groups in total. The van der Waals surface area contributed by atoms with Crippen molar-refractivity contribution in [2.45, 2.75) is 6.42 Å². The lowest BCUT2D eigenvalue weighted by atomic mass is 10.2. The summed E-state index contributed by atoms with van der Waals surface area (Å²) in [7, 11) is 0. The van der Waals surface area contributed by atoms with Crippen LogP contribution in [0.15, 0.2) is 22.9 Å². The molecule has 1 aromatic heterocycles. The summed E-state index contributed by atoms with van der Waals surface area (Å²) in [5, 5.41) is 3.36. The van der Waals surface area contributed by atoms with Crippen molar-refractivity contribution < 1.29 is 0 Å². The summed E-state index contributed by atoms with van der Waals surface area (Å²) in [4.78, 5) is 6.57. The van der Waals surface area contributed by atoms with Gasteiger partial charge in [0.15, 0.2) is 0 Å². The largest absolute Gasteiger partial charge is 0.314 e. The van der Waals surface area contributed by atoms with Gasteiger partial charge in [0.2, 0.25) is 0 Å². The molecule has 0 unspecified atom stereocenters. The van der Waals surface area contributed by atoms with Gasteiger partial charge in [-0.2, -0.15) is 0 Å². The van der Waals surface area contributed by atoms with Crippen LogP contribution in [-0.2, 0) is 6.42 Å². The van der Waals surface area contributed by atoms with Crippen molar-refractivity contribution in [3.63, 3.8) is 0 Å². The first-order valence-corrected chi connectivity index (χ1v) is 6.17. The Morgan fingerprint density at radius 3 is 2.93 bits per heavy atom. The highest BCUT2D eigenvalue weighted by atomic mass is 79.9. The van der Waals surface area contributed by atoms with Crippen LogP contribution < -0.4 is 5.32 Å². The highest BCUT2D eigenvalue weighted by molar-refractivity contribution is 9.10. The van der Waals surface area contributed by atoms with E-state index in [4.69, 9.17) is 0 Å². The number of halogens is 1. The number of pyridine rings is 1. The molecule has 0 radical (unpaired) electrons. The lowest BCUT2D eigenvalue weighted by molar-refractivity contribution is 0.244. The van der Waals surface area contributed by atoms with Gasteiger partial charge < -0.3 is 10.2 Å². The average molecular weight is 270 g/mol. The van der Waals surface area contributed by atoms with E-state index in [0.29, 0.717) is 0 Å². The summed E-state index contributed by atoms with van der Waals surface area (Å²) in [6.45, 7) is 5.73. The molecule has 0 bridgehead atoms. The normalized spacial score (nSPS) is 17.9. The van der Waals surface area contributed by atoms with E-state index in [1.54, 1.807) is 0 Å². The summed E-state index contributed by atoms with van der Waals surface area (Å²) in [6.07, 6.45) is 4.83. The fourth-order valence-corrected chi connectivity index (χ4v) is 2.27. The van der Waals surface area contributed by atoms with Gasteiger partial charge in [-0.25, -0.2) is 0 Å². The second-order valence-corrected chi connectivity index (χ2v) is 4.66. The lowest BCUT2D eigenvalue weighted by Gasteiger charge is -2.27. The number of hydrogen-bond donors (Lipinski definition) is 1. The Balaban J connectivity index is 1.84. The monoisotopic (exact) mass is 269 g/mol. The Bertz CT molecular complexity index is 310. The SMILES string of the molecule is Brc1cnccc1CCN1CCNCC1. The fourth-order valence-electron chi connectivity index (χ4n) is 1.82. The maximum Gasteiger partial charge on any atom is 0.0412 e. The Hall–Kier alpha value is -0.450. The van der Waals surface area contributed by atoms with Gasteiger partial charge in [0, 0.05) is 49.6 Å². The summed E-state index contributed by atoms with van der Waals surface area (Å²) < 4.78 is 1.13. The molecule has 0 saturated carbocycles. The summed E-state index contributed by atoms with van der Waals surface area (Å²) in [5.74, 6) is 0. The van der Waals surface area contributed by atoms with Crippen molar-refractivity contribution in [1.82, 2.24) is 15.2 Å². The Kier molecular flexibility index (Phi) is 4.11. The van der Waals surface area contributed by atoms with E-state index in [0.717, 1.165) is 30.5 Å². The zero-order valence-corrected chi connectivity index (χ0v) is 10.3. The molecular weight excluding hydrogens is 254 g/mol. The molecule has 1 fully saturated rings. The molecule has 4 heteroatoms. The van der Waals surface area contributed by atoms with Crippen molar-refractivity contribution >= 4 is 15.9 Å². The molecule has 3 nitrogen and oxygen atoms in total. The Morgan fingerprint density at radius 1 is 1.40 bits per heavy atom. The van der Waals surface area contributed by atoms with E-state index in [2.05, 4.69) is 37.2 Å². The molecule has 0 aromatic carbocycles. The number of nitrogens with one attached hydrogen (secondary N) is 1. The third-order valence-electron chi connectivity index (χ3n) is 2.76. The first-order valence-electron chi connectivity index (χ1n) is 5.38.